The zero-order chi connectivity index (χ0) is 15.3. The largest absolute Gasteiger partial charge is 0.172 e. The standard InChI is InChI=1S/C17H14N2S3/c1-9-6-7-20-16(9)12-4-5-13(15-14(12)18-22-19-15)17-10(2)8-11(3)21-17/h4-8H,1-3H3. The van der Waals surface area contributed by atoms with Crippen LogP contribution in [-0.4, -0.2) is 8.75 Å². The maximum atomic E-state index is 4.59. The molecule has 0 unspecified atom stereocenters. The lowest BCUT2D eigenvalue weighted by atomic mass is 10.0. The molecule has 1 aromatic carbocycles. The van der Waals surface area contributed by atoms with Gasteiger partial charge < -0.3 is 0 Å². The van der Waals surface area contributed by atoms with Crippen molar-refractivity contribution in [1.29, 1.82) is 0 Å². The van der Waals surface area contributed by atoms with Crippen molar-refractivity contribution in [2.45, 2.75) is 20.8 Å². The first-order valence-electron chi connectivity index (χ1n) is 7.02. The Balaban J connectivity index is 2.00. The minimum Gasteiger partial charge on any atom is -0.172 e. The molecule has 22 heavy (non-hydrogen) atoms. The smallest absolute Gasteiger partial charge is 0.114 e. The van der Waals surface area contributed by atoms with Gasteiger partial charge in [0.15, 0.2) is 0 Å². The van der Waals surface area contributed by atoms with Gasteiger partial charge in [-0.2, -0.15) is 8.75 Å². The van der Waals surface area contributed by atoms with Crippen LogP contribution < -0.4 is 0 Å². The van der Waals surface area contributed by atoms with E-state index in [1.165, 1.54) is 48.6 Å². The van der Waals surface area contributed by atoms with Gasteiger partial charge >= 0.3 is 0 Å². The zero-order valence-electron chi connectivity index (χ0n) is 12.5. The summed E-state index contributed by atoms with van der Waals surface area (Å²) in [6.07, 6.45) is 0. The van der Waals surface area contributed by atoms with E-state index in [1.807, 2.05) is 11.3 Å². The van der Waals surface area contributed by atoms with Crippen molar-refractivity contribution in [2.24, 2.45) is 0 Å². The van der Waals surface area contributed by atoms with Gasteiger partial charge in [0.1, 0.15) is 11.0 Å². The van der Waals surface area contributed by atoms with Crippen LogP contribution >= 0.6 is 34.4 Å². The van der Waals surface area contributed by atoms with Crippen LogP contribution in [0.1, 0.15) is 16.0 Å². The third-order valence-corrected chi connectivity index (χ3v) is 6.57. The molecule has 0 N–H and O–H groups in total. The first-order valence-corrected chi connectivity index (χ1v) is 9.45. The van der Waals surface area contributed by atoms with Crippen LogP contribution in [0.3, 0.4) is 0 Å². The van der Waals surface area contributed by atoms with E-state index < -0.39 is 0 Å². The highest BCUT2D eigenvalue weighted by Gasteiger charge is 2.17. The summed E-state index contributed by atoms with van der Waals surface area (Å²) in [7, 11) is 0. The summed E-state index contributed by atoms with van der Waals surface area (Å²) < 4.78 is 9.17. The van der Waals surface area contributed by atoms with Crippen LogP contribution in [0, 0.1) is 20.8 Å². The first kappa shape index (κ1) is 14.1. The van der Waals surface area contributed by atoms with E-state index in [0.717, 1.165) is 11.0 Å². The second-order valence-electron chi connectivity index (χ2n) is 5.42. The second kappa shape index (κ2) is 5.26. The van der Waals surface area contributed by atoms with Gasteiger partial charge in [0, 0.05) is 25.8 Å². The summed E-state index contributed by atoms with van der Waals surface area (Å²) in [5.74, 6) is 0. The molecule has 0 amide bonds. The number of rotatable bonds is 2. The Hall–Kier alpha value is -1.56. The number of nitrogens with zero attached hydrogens (tertiary/aromatic N) is 2. The van der Waals surface area contributed by atoms with Gasteiger partial charge in [-0.3, -0.25) is 0 Å². The lowest BCUT2D eigenvalue weighted by molar-refractivity contribution is 1.50. The van der Waals surface area contributed by atoms with E-state index in [0.29, 0.717) is 0 Å². The summed E-state index contributed by atoms with van der Waals surface area (Å²) in [6, 6.07) is 8.80. The van der Waals surface area contributed by atoms with Crippen LogP contribution in [0.4, 0.5) is 0 Å². The van der Waals surface area contributed by atoms with E-state index in [1.54, 1.807) is 11.3 Å². The van der Waals surface area contributed by atoms with E-state index in [2.05, 4.69) is 59.2 Å². The monoisotopic (exact) mass is 342 g/mol. The number of benzene rings is 1. The summed E-state index contributed by atoms with van der Waals surface area (Å²) >= 11 is 4.90. The molecule has 3 aromatic heterocycles. The van der Waals surface area contributed by atoms with Crippen LogP contribution in [0.25, 0.3) is 31.9 Å². The Kier molecular flexibility index (Phi) is 3.36. The molecular weight excluding hydrogens is 328 g/mol. The van der Waals surface area contributed by atoms with E-state index >= 15 is 0 Å². The highest BCUT2D eigenvalue weighted by Crippen LogP contribution is 2.40. The highest BCUT2D eigenvalue weighted by atomic mass is 32.1. The molecule has 4 rings (SSSR count). The SMILES string of the molecule is Cc1cc(C)c(-c2ccc(-c3sccc3C)c3nsnc23)s1. The zero-order valence-corrected chi connectivity index (χ0v) is 15.0. The second-order valence-corrected chi connectivity index (χ2v) is 8.12. The molecule has 0 spiro atoms. The number of aromatic nitrogens is 2. The van der Waals surface area contributed by atoms with Gasteiger partial charge in [0.2, 0.25) is 0 Å². The van der Waals surface area contributed by atoms with Crippen LogP contribution in [0.2, 0.25) is 0 Å². The molecule has 0 fully saturated rings. The van der Waals surface area contributed by atoms with Gasteiger partial charge in [-0.05, 0) is 49.4 Å². The summed E-state index contributed by atoms with van der Waals surface area (Å²) in [5, 5.41) is 2.14. The van der Waals surface area contributed by atoms with Crippen molar-refractivity contribution in [1.82, 2.24) is 8.75 Å². The first-order chi connectivity index (χ1) is 10.6. The molecule has 110 valence electrons. The van der Waals surface area contributed by atoms with Crippen LogP contribution in [0.5, 0.6) is 0 Å². The molecule has 0 saturated carbocycles. The molecule has 0 saturated heterocycles. The summed E-state index contributed by atoms with van der Waals surface area (Å²) in [5.41, 5.74) is 7.08. The Morgan fingerprint density at radius 1 is 0.818 bits per heavy atom. The lowest BCUT2D eigenvalue weighted by Gasteiger charge is -2.06. The van der Waals surface area contributed by atoms with Crippen molar-refractivity contribution >= 4 is 45.4 Å². The van der Waals surface area contributed by atoms with Crippen molar-refractivity contribution in [3.63, 3.8) is 0 Å². The predicted molar refractivity (Wildman–Crippen MR) is 98.3 cm³/mol. The topological polar surface area (TPSA) is 25.8 Å². The molecule has 0 radical (unpaired) electrons. The number of aryl methyl sites for hydroxylation is 3. The Labute approximate surface area is 141 Å². The van der Waals surface area contributed by atoms with E-state index in [4.69, 9.17) is 0 Å². The van der Waals surface area contributed by atoms with Gasteiger partial charge in [-0.1, -0.05) is 12.1 Å². The molecule has 2 nitrogen and oxygen atoms in total. The van der Waals surface area contributed by atoms with Crippen molar-refractivity contribution in [2.75, 3.05) is 0 Å². The van der Waals surface area contributed by atoms with Crippen molar-refractivity contribution in [3.8, 4) is 20.9 Å². The Morgan fingerprint density at radius 2 is 1.50 bits per heavy atom. The third-order valence-electron chi connectivity index (χ3n) is 3.81. The number of hydrogen-bond acceptors (Lipinski definition) is 5. The molecule has 0 aliphatic rings. The molecule has 0 aliphatic heterocycles. The third kappa shape index (κ3) is 2.12. The maximum Gasteiger partial charge on any atom is 0.114 e. The van der Waals surface area contributed by atoms with Gasteiger partial charge in [0.05, 0.1) is 11.7 Å². The molecule has 0 aliphatic carbocycles. The molecule has 4 aromatic rings. The van der Waals surface area contributed by atoms with Crippen molar-refractivity contribution < 1.29 is 0 Å². The van der Waals surface area contributed by atoms with E-state index in [-0.39, 0.29) is 0 Å². The van der Waals surface area contributed by atoms with Gasteiger partial charge in [0.25, 0.3) is 0 Å². The van der Waals surface area contributed by atoms with Crippen LogP contribution in [-0.2, 0) is 0 Å². The fraction of sp³-hybridized carbons (Fsp3) is 0.176. The van der Waals surface area contributed by atoms with Crippen molar-refractivity contribution in [3.05, 3.63) is 45.6 Å². The fourth-order valence-electron chi connectivity index (χ4n) is 2.79. The Bertz CT molecular complexity index is 975. The molecule has 5 heteroatoms. The quantitative estimate of drug-likeness (QED) is 0.441. The molecule has 0 bridgehead atoms. The number of thiophene rings is 2. The highest BCUT2D eigenvalue weighted by molar-refractivity contribution is 7.15. The van der Waals surface area contributed by atoms with Gasteiger partial charge in [-0.15, -0.1) is 22.7 Å². The maximum absolute atomic E-state index is 4.59. The normalized spacial score (nSPS) is 11.4. The Morgan fingerprint density at radius 3 is 2.05 bits per heavy atom. The molecule has 0 atom stereocenters. The van der Waals surface area contributed by atoms with Gasteiger partial charge in [-0.25, -0.2) is 0 Å². The summed E-state index contributed by atoms with van der Waals surface area (Å²) in [6.45, 7) is 6.47. The summed E-state index contributed by atoms with van der Waals surface area (Å²) in [4.78, 5) is 3.94. The average Bonchev–Trinajstić information content (AvgIpc) is 3.18. The minimum atomic E-state index is 1.03. The predicted octanol–water partition coefficient (Wildman–Crippen LogP) is 6.07. The van der Waals surface area contributed by atoms with Crippen LogP contribution in [0.15, 0.2) is 29.6 Å². The number of hydrogen-bond donors (Lipinski definition) is 0. The number of fused-ring (bicyclic) bond motifs is 1. The fourth-order valence-corrected chi connectivity index (χ4v) is 5.37. The molecular formula is C17H14N2S3. The minimum absolute atomic E-state index is 1.03. The average molecular weight is 343 g/mol. The molecule has 3 heterocycles. The lowest BCUT2D eigenvalue weighted by Crippen LogP contribution is -1.84. The van der Waals surface area contributed by atoms with E-state index in [9.17, 15) is 0 Å².